The van der Waals surface area contributed by atoms with Crippen LogP contribution in [0.3, 0.4) is 0 Å². The second-order valence-corrected chi connectivity index (χ2v) is 3.62. The Kier molecular flexibility index (Phi) is 2.55. The quantitative estimate of drug-likeness (QED) is 0.725. The van der Waals surface area contributed by atoms with Gasteiger partial charge in [0, 0.05) is 13.2 Å². The van der Waals surface area contributed by atoms with Gasteiger partial charge in [-0.1, -0.05) is 30.3 Å². The maximum Gasteiger partial charge on any atom is 0.120 e. The summed E-state index contributed by atoms with van der Waals surface area (Å²) in [5.41, 5.74) is 3.16. The van der Waals surface area contributed by atoms with E-state index < -0.39 is 0 Å². The average molecular weight is 196 g/mol. The van der Waals surface area contributed by atoms with Gasteiger partial charge in [-0.2, -0.15) is 5.26 Å². The Hall–Kier alpha value is -2.01. The molecule has 0 bridgehead atoms. The third kappa shape index (κ3) is 2.08. The molecule has 0 saturated carbocycles. The molecule has 0 fully saturated rings. The van der Waals surface area contributed by atoms with Crippen LogP contribution in [0.4, 0.5) is 0 Å². The van der Waals surface area contributed by atoms with Crippen molar-refractivity contribution in [1.29, 1.82) is 5.26 Å². The fourth-order valence-corrected chi connectivity index (χ4v) is 1.67. The maximum absolute atomic E-state index is 8.83. The van der Waals surface area contributed by atoms with E-state index in [2.05, 4.69) is 18.2 Å². The van der Waals surface area contributed by atoms with Crippen molar-refractivity contribution in [2.45, 2.75) is 6.42 Å². The third-order valence-electron chi connectivity index (χ3n) is 2.43. The van der Waals surface area contributed by atoms with Gasteiger partial charge in [0.05, 0.1) is 0 Å². The molecule has 0 spiro atoms. The predicted molar refractivity (Wildman–Crippen MR) is 59.4 cm³/mol. The number of nitrogens with zero attached hydrogens (tertiary/aromatic N) is 2. The monoisotopic (exact) mass is 196 g/mol. The van der Waals surface area contributed by atoms with E-state index in [1.165, 1.54) is 11.1 Å². The molecule has 0 radical (unpaired) electrons. The maximum atomic E-state index is 8.83. The fourth-order valence-electron chi connectivity index (χ4n) is 1.67. The van der Waals surface area contributed by atoms with Crippen LogP contribution in [0.25, 0.3) is 0 Å². The topological polar surface area (TPSA) is 28.7 Å². The summed E-state index contributed by atoms with van der Waals surface area (Å²) in [6.07, 6.45) is 2.89. The highest BCUT2D eigenvalue weighted by atomic mass is 14.9. The highest BCUT2D eigenvalue weighted by Crippen LogP contribution is 2.11. The molecule has 74 valence electrons. The van der Waals surface area contributed by atoms with Crippen LogP contribution in [0.2, 0.25) is 0 Å². The Balaban J connectivity index is 2.23. The molecule has 1 heterocycles. The predicted octanol–water partition coefficient (Wildman–Crippen LogP) is 2.49. The van der Waals surface area contributed by atoms with Crippen LogP contribution in [0.1, 0.15) is 16.8 Å². The molecule has 0 saturated heterocycles. The van der Waals surface area contributed by atoms with E-state index in [0.29, 0.717) is 5.69 Å². The number of hydrogen-bond acceptors (Lipinski definition) is 1. The van der Waals surface area contributed by atoms with Crippen molar-refractivity contribution >= 4 is 0 Å². The van der Waals surface area contributed by atoms with Crippen molar-refractivity contribution < 1.29 is 0 Å². The summed E-state index contributed by atoms with van der Waals surface area (Å²) in [5.74, 6) is 0. The van der Waals surface area contributed by atoms with E-state index in [9.17, 15) is 0 Å². The van der Waals surface area contributed by atoms with Crippen molar-refractivity contribution in [1.82, 2.24) is 4.57 Å². The van der Waals surface area contributed by atoms with E-state index in [-0.39, 0.29) is 0 Å². The van der Waals surface area contributed by atoms with Crippen LogP contribution in [-0.2, 0) is 13.5 Å². The summed E-state index contributed by atoms with van der Waals surface area (Å²) < 4.78 is 1.86. The molecule has 2 heteroatoms. The van der Waals surface area contributed by atoms with Gasteiger partial charge in [-0.05, 0) is 23.6 Å². The van der Waals surface area contributed by atoms with Gasteiger partial charge in [0.25, 0.3) is 0 Å². The van der Waals surface area contributed by atoms with E-state index in [4.69, 9.17) is 5.26 Å². The molecule has 15 heavy (non-hydrogen) atoms. The lowest BCUT2D eigenvalue weighted by Crippen LogP contribution is -1.87. The average Bonchev–Trinajstić information content (AvgIpc) is 2.60. The first kappa shape index (κ1) is 9.54. The Bertz CT molecular complexity index is 489. The SMILES string of the molecule is Cn1cc(Cc2ccccc2)cc1C#N. The first-order valence-electron chi connectivity index (χ1n) is 4.89. The number of hydrogen-bond donors (Lipinski definition) is 0. The number of benzene rings is 1. The van der Waals surface area contributed by atoms with Gasteiger partial charge in [-0.15, -0.1) is 0 Å². The van der Waals surface area contributed by atoms with Crippen molar-refractivity contribution in [3.8, 4) is 6.07 Å². The smallest absolute Gasteiger partial charge is 0.120 e. The Labute approximate surface area is 89.4 Å². The summed E-state index contributed by atoms with van der Waals surface area (Å²) in [5, 5.41) is 8.83. The normalized spacial score (nSPS) is 9.87. The van der Waals surface area contributed by atoms with Gasteiger partial charge < -0.3 is 4.57 Å². The van der Waals surface area contributed by atoms with Gasteiger partial charge in [0.1, 0.15) is 11.8 Å². The third-order valence-corrected chi connectivity index (χ3v) is 2.43. The molecule has 0 aliphatic carbocycles. The second-order valence-electron chi connectivity index (χ2n) is 3.62. The van der Waals surface area contributed by atoms with Crippen molar-refractivity contribution in [3.05, 3.63) is 59.4 Å². The minimum absolute atomic E-state index is 0.709. The molecule has 0 N–H and O–H groups in total. The molecule has 0 unspecified atom stereocenters. The summed E-state index contributed by atoms with van der Waals surface area (Å²) in [4.78, 5) is 0. The summed E-state index contributed by atoms with van der Waals surface area (Å²) in [6, 6.07) is 14.4. The molecule has 1 aromatic carbocycles. The number of aromatic nitrogens is 1. The van der Waals surface area contributed by atoms with Crippen molar-refractivity contribution in [2.75, 3.05) is 0 Å². The highest BCUT2D eigenvalue weighted by Gasteiger charge is 2.02. The molecule has 0 amide bonds. The van der Waals surface area contributed by atoms with E-state index in [1.54, 1.807) is 0 Å². The summed E-state index contributed by atoms with van der Waals surface area (Å²) in [6.45, 7) is 0. The molecular weight excluding hydrogens is 184 g/mol. The molecule has 2 nitrogen and oxygen atoms in total. The van der Waals surface area contributed by atoms with Crippen LogP contribution in [0.15, 0.2) is 42.6 Å². The second kappa shape index (κ2) is 4.02. The molecule has 1 aromatic heterocycles. The van der Waals surface area contributed by atoms with Gasteiger partial charge >= 0.3 is 0 Å². The Morgan fingerprint density at radius 3 is 2.53 bits per heavy atom. The lowest BCUT2D eigenvalue weighted by atomic mass is 10.1. The lowest BCUT2D eigenvalue weighted by Gasteiger charge is -1.96. The van der Waals surface area contributed by atoms with Crippen LogP contribution < -0.4 is 0 Å². The largest absolute Gasteiger partial charge is 0.342 e. The van der Waals surface area contributed by atoms with Gasteiger partial charge in [0.2, 0.25) is 0 Å². The molecule has 0 atom stereocenters. The summed E-state index contributed by atoms with van der Waals surface area (Å²) >= 11 is 0. The van der Waals surface area contributed by atoms with Crippen LogP contribution in [0.5, 0.6) is 0 Å². The Morgan fingerprint density at radius 2 is 1.93 bits per heavy atom. The van der Waals surface area contributed by atoms with E-state index >= 15 is 0 Å². The number of aryl methyl sites for hydroxylation is 1. The minimum atomic E-state index is 0.709. The first-order chi connectivity index (χ1) is 7.29. The highest BCUT2D eigenvalue weighted by molar-refractivity contribution is 5.32. The van der Waals surface area contributed by atoms with Crippen molar-refractivity contribution in [3.63, 3.8) is 0 Å². The zero-order valence-electron chi connectivity index (χ0n) is 8.64. The van der Waals surface area contributed by atoms with Crippen LogP contribution >= 0.6 is 0 Å². The number of rotatable bonds is 2. The molecule has 2 rings (SSSR count). The molecule has 0 aliphatic rings. The molecule has 0 aliphatic heterocycles. The van der Waals surface area contributed by atoms with E-state index in [0.717, 1.165) is 6.42 Å². The van der Waals surface area contributed by atoms with Gasteiger partial charge in [0.15, 0.2) is 0 Å². The molecular formula is C13H12N2. The van der Waals surface area contributed by atoms with Gasteiger partial charge in [-0.25, -0.2) is 0 Å². The zero-order chi connectivity index (χ0) is 10.7. The van der Waals surface area contributed by atoms with E-state index in [1.807, 2.05) is 42.1 Å². The summed E-state index contributed by atoms with van der Waals surface area (Å²) in [7, 11) is 1.90. The first-order valence-corrected chi connectivity index (χ1v) is 4.89. The lowest BCUT2D eigenvalue weighted by molar-refractivity contribution is 0.903. The Morgan fingerprint density at radius 1 is 1.20 bits per heavy atom. The molecule has 2 aromatic rings. The fraction of sp³-hybridized carbons (Fsp3) is 0.154. The standard InChI is InChI=1S/C13H12N2/c1-15-10-12(8-13(15)9-14)7-11-5-3-2-4-6-11/h2-6,8,10H,7H2,1H3. The zero-order valence-corrected chi connectivity index (χ0v) is 8.64. The van der Waals surface area contributed by atoms with Gasteiger partial charge in [-0.3, -0.25) is 0 Å². The van der Waals surface area contributed by atoms with Crippen molar-refractivity contribution in [2.24, 2.45) is 7.05 Å². The minimum Gasteiger partial charge on any atom is -0.342 e. The number of nitriles is 1. The van der Waals surface area contributed by atoms with Crippen LogP contribution in [0, 0.1) is 11.3 Å². The van der Waals surface area contributed by atoms with Crippen LogP contribution in [-0.4, -0.2) is 4.57 Å².